The number of nitrogens with one attached hydrogen (secondary N) is 2. The highest BCUT2D eigenvalue weighted by Gasteiger charge is 2.04. The first kappa shape index (κ1) is 19.0. The van der Waals surface area contributed by atoms with E-state index in [1.807, 2.05) is 43.7 Å². The van der Waals surface area contributed by atoms with Crippen LogP contribution in [0.15, 0.2) is 54.9 Å². The number of carbonyl (C=O) groups is 1. The van der Waals surface area contributed by atoms with E-state index in [1.54, 1.807) is 0 Å². The first-order valence-corrected chi connectivity index (χ1v) is 8.20. The molecule has 1 aromatic heterocycles. The summed E-state index contributed by atoms with van der Waals surface area (Å²) in [6, 6.07) is 16.2. The molecule has 3 rings (SSSR count). The van der Waals surface area contributed by atoms with Gasteiger partial charge in [0.25, 0.3) is 0 Å². The lowest BCUT2D eigenvalue weighted by molar-refractivity contribution is -0.121. The number of nitrogens with zero attached hydrogens (tertiary/aromatic N) is 2. The molecule has 5 nitrogen and oxygen atoms in total. The number of para-hydroxylation sites is 2. The van der Waals surface area contributed by atoms with Crippen LogP contribution in [0.1, 0.15) is 18.4 Å². The fourth-order valence-corrected chi connectivity index (χ4v) is 2.65. The Morgan fingerprint density at radius 3 is 2.64 bits per heavy atom. The Morgan fingerprint density at radius 1 is 1.12 bits per heavy atom. The normalized spacial score (nSPS) is 10.4. The summed E-state index contributed by atoms with van der Waals surface area (Å²) in [6.07, 6.45) is 3.25. The molecule has 1 amide bonds. The minimum atomic E-state index is 0. The fraction of sp³-hybridized carbons (Fsp3) is 0.263. The highest BCUT2D eigenvalue weighted by atomic mass is 35.5. The molecular weight excluding hydrogens is 336 g/mol. The summed E-state index contributed by atoms with van der Waals surface area (Å²) in [5, 5.41) is 6.00. The van der Waals surface area contributed by atoms with E-state index in [2.05, 4.69) is 38.4 Å². The molecule has 0 unspecified atom stereocenters. The third-order valence-electron chi connectivity index (χ3n) is 3.99. The van der Waals surface area contributed by atoms with Crippen LogP contribution in [-0.2, 0) is 11.3 Å². The summed E-state index contributed by atoms with van der Waals surface area (Å²) < 4.78 is 2.06. The van der Waals surface area contributed by atoms with Gasteiger partial charge in [-0.15, -0.1) is 12.4 Å². The number of fused-ring (bicyclic) bond motifs is 1. The zero-order valence-electron chi connectivity index (χ0n) is 14.2. The van der Waals surface area contributed by atoms with Crippen molar-refractivity contribution in [2.75, 3.05) is 13.6 Å². The van der Waals surface area contributed by atoms with Crippen LogP contribution in [-0.4, -0.2) is 29.1 Å². The summed E-state index contributed by atoms with van der Waals surface area (Å²) in [5.41, 5.74) is 4.22. The number of rotatable bonds is 7. The quantitative estimate of drug-likeness (QED) is 0.638. The molecule has 0 saturated carbocycles. The standard InChI is InChI=1S/C19H22N4O.ClH/c1-20-12-4-7-19(24)21-13-15-8-10-16(11-9-15)23-14-22-17-5-2-3-6-18(17)23;/h2-3,5-6,8-11,14,20H,4,7,12-13H2,1H3,(H,21,24);1H. The number of imidazole rings is 1. The Kier molecular flexibility index (Phi) is 6.98. The van der Waals surface area contributed by atoms with Gasteiger partial charge in [-0.1, -0.05) is 24.3 Å². The number of hydrogen-bond donors (Lipinski definition) is 2. The number of carbonyl (C=O) groups excluding carboxylic acids is 1. The zero-order valence-corrected chi connectivity index (χ0v) is 15.1. The van der Waals surface area contributed by atoms with Crippen LogP contribution in [0, 0.1) is 0 Å². The van der Waals surface area contributed by atoms with Gasteiger partial charge >= 0.3 is 0 Å². The molecule has 0 saturated heterocycles. The van der Waals surface area contributed by atoms with E-state index in [1.165, 1.54) is 0 Å². The van der Waals surface area contributed by atoms with Gasteiger partial charge in [-0.05, 0) is 49.8 Å². The van der Waals surface area contributed by atoms with Crippen LogP contribution in [0.4, 0.5) is 0 Å². The molecule has 6 heteroatoms. The van der Waals surface area contributed by atoms with E-state index in [0.29, 0.717) is 13.0 Å². The number of halogens is 1. The Bertz CT molecular complexity index is 814. The van der Waals surface area contributed by atoms with E-state index in [9.17, 15) is 4.79 Å². The van der Waals surface area contributed by atoms with Gasteiger partial charge in [0.1, 0.15) is 6.33 Å². The maximum absolute atomic E-state index is 11.7. The van der Waals surface area contributed by atoms with Crippen LogP contribution in [0.2, 0.25) is 0 Å². The van der Waals surface area contributed by atoms with Gasteiger partial charge in [0.05, 0.1) is 11.0 Å². The van der Waals surface area contributed by atoms with Crippen molar-refractivity contribution < 1.29 is 4.79 Å². The van der Waals surface area contributed by atoms with Crippen LogP contribution < -0.4 is 10.6 Å². The highest BCUT2D eigenvalue weighted by Crippen LogP contribution is 2.18. The minimum absolute atomic E-state index is 0. The predicted molar refractivity (Wildman–Crippen MR) is 103 cm³/mol. The lowest BCUT2D eigenvalue weighted by atomic mass is 10.2. The van der Waals surface area contributed by atoms with Gasteiger partial charge < -0.3 is 10.6 Å². The largest absolute Gasteiger partial charge is 0.352 e. The molecule has 0 fully saturated rings. The molecule has 0 aliphatic rings. The second kappa shape index (κ2) is 9.20. The third kappa shape index (κ3) is 4.81. The number of aromatic nitrogens is 2. The molecule has 2 aromatic carbocycles. The molecule has 0 bridgehead atoms. The maximum atomic E-state index is 11.7. The van der Waals surface area contributed by atoms with Crippen LogP contribution in [0.3, 0.4) is 0 Å². The van der Waals surface area contributed by atoms with Gasteiger partial charge in [-0.3, -0.25) is 9.36 Å². The van der Waals surface area contributed by atoms with Crippen molar-refractivity contribution in [3.05, 3.63) is 60.4 Å². The Morgan fingerprint density at radius 2 is 1.88 bits per heavy atom. The highest BCUT2D eigenvalue weighted by molar-refractivity contribution is 5.85. The third-order valence-corrected chi connectivity index (χ3v) is 3.99. The van der Waals surface area contributed by atoms with Crippen molar-refractivity contribution in [2.24, 2.45) is 0 Å². The lowest BCUT2D eigenvalue weighted by Gasteiger charge is -2.08. The summed E-state index contributed by atoms with van der Waals surface area (Å²) in [6.45, 7) is 1.42. The Balaban J connectivity index is 0.00000225. The van der Waals surface area contributed by atoms with Crippen LogP contribution in [0.5, 0.6) is 0 Å². The van der Waals surface area contributed by atoms with Crippen molar-refractivity contribution >= 4 is 29.3 Å². The first-order valence-electron chi connectivity index (χ1n) is 8.20. The van der Waals surface area contributed by atoms with Crippen molar-refractivity contribution in [1.29, 1.82) is 0 Å². The van der Waals surface area contributed by atoms with E-state index in [4.69, 9.17) is 0 Å². The van der Waals surface area contributed by atoms with Crippen LogP contribution >= 0.6 is 12.4 Å². The molecular formula is C19H23ClN4O. The second-order valence-corrected chi connectivity index (χ2v) is 5.75. The minimum Gasteiger partial charge on any atom is -0.352 e. The van der Waals surface area contributed by atoms with Gasteiger partial charge in [0.15, 0.2) is 0 Å². The van der Waals surface area contributed by atoms with Crippen LogP contribution in [0.25, 0.3) is 16.7 Å². The molecule has 25 heavy (non-hydrogen) atoms. The summed E-state index contributed by atoms with van der Waals surface area (Å²) in [5.74, 6) is 0.0925. The van der Waals surface area contributed by atoms with Crippen molar-refractivity contribution in [3.63, 3.8) is 0 Å². The lowest BCUT2D eigenvalue weighted by Crippen LogP contribution is -2.23. The van der Waals surface area contributed by atoms with Crippen molar-refractivity contribution in [3.8, 4) is 5.69 Å². The van der Waals surface area contributed by atoms with Crippen molar-refractivity contribution in [2.45, 2.75) is 19.4 Å². The monoisotopic (exact) mass is 358 g/mol. The van der Waals surface area contributed by atoms with E-state index >= 15 is 0 Å². The zero-order chi connectivity index (χ0) is 16.8. The van der Waals surface area contributed by atoms with Gasteiger partial charge in [-0.25, -0.2) is 4.98 Å². The summed E-state index contributed by atoms with van der Waals surface area (Å²) in [7, 11) is 1.89. The summed E-state index contributed by atoms with van der Waals surface area (Å²) in [4.78, 5) is 16.2. The molecule has 3 aromatic rings. The maximum Gasteiger partial charge on any atom is 0.220 e. The Labute approximate surface area is 153 Å². The summed E-state index contributed by atoms with van der Waals surface area (Å²) >= 11 is 0. The molecule has 2 N–H and O–H groups in total. The van der Waals surface area contributed by atoms with Gasteiger partial charge in [-0.2, -0.15) is 0 Å². The second-order valence-electron chi connectivity index (χ2n) is 5.75. The van der Waals surface area contributed by atoms with Gasteiger partial charge in [0.2, 0.25) is 5.91 Å². The average molecular weight is 359 g/mol. The SMILES string of the molecule is CNCCCC(=O)NCc1ccc(-n2cnc3ccccc32)cc1.Cl. The first-order chi connectivity index (χ1) is 11.8. The molecule has 0 aliphatic heterocycles. The van der Waals surface area contributed by atoms with E-state index in [-0.39, 0.29) is 18.3 Å². The molecule has 0 radical (unpaired) electrons. The fourth-order valence-electron chi connectivity index (χ4n) is 2.65. The molecule has 0 atom stereocenters. The number of hydrogen-bond acceptors (Lipinski definition) is 3. The molecule has 1 heterocycles. The smallest absolute Gasteiger partial charge is 0.220 e. The Hall–Kier alpha value is -2.37. The van der Waals surface area contributed by atoms with Crippen molar-refractivity contribution in [1.82, 2.24) is 20.2 Å². The number of amides is 1. The number of benzene rings is 2. The molecule has 132 valence electrons. The predicted octanol–water partition coefficient (Wildman–Crippen LogP) is 3.06. The van der Waals surface area contributed by atoms with Gasteiger partial charge in [0, 0.05) is 18.7 Å². The topological polar surface area (TPSA) is 59.0 Å². The van der Waals surface area contributed by atoms with E-state index in [0.717, 1.165) is 35.2 Å². The average Bonchev–Trinajstić information content (AvgIpc) is 3.05. The molecule has 0 spiro atoms. The van der Waals surface area contributed by atoms with E-state index < -0.39 is 0 Å². The molecule has 0 aliphatic carbocycles.